The minimum absolute atomic E-state index is 0.390. The van der Waals surface area contributed by atoms with Gasteiger partial charge in [0.05, 0.1) is 0 Å². The largest absolute Gasteiger partial charge is 0.326 e. The topological polar surface area (TPSA) is 29.3 Å². The van der Waals surface area contributed by atoms with Crippen molar-refractivity contribution in [1.82, 2.24) is 4.90 Å². The number of hydrogen-bond donors (Lipinski definition) is 1. The SMILES string of the molecule is CCCCCC(C)CN(C)C1CCC(C)CC1N. The van der Waals surface area contributed by atoms with Gasteiger partial charge in [-0.25, -0.2) is 0 Å². The van der Waals surface area contributed by atoms with E-state index in [1.807, 2.05) is 0 Å². The predicted molar refractivity (Wildman–Crippen MR) is 80.7 cm³/mol. The first-order chi connectivity index (χ1) is 8.54. The van der Waals surface area contributed by atoms with Crippen LogP contribution < -0.4 is 5.73 Å². The highest BCUT2D eigenvalue weighted by Gasteiger charge is 2.28. The van der Waals surface area contributed by atoms with Gasteiger partial charge < -0.3 is 10.6 Å². The summed E-state index contributed by atoms with van der Waals surface area (Å²) >= 11 is 0. The lowest BCUT2D eigenvalue weighted by atomic mass is 9.83. The Bertz CT molecular complexity index is 217. The maximum Gasteiger partial charge on any atom is 0.0244 e. The van der Waals surface area contributed by atoms with E-state index in [0.717, 1.165) is 11.8 Å². The van der Waals surface area contributed by atoms with Crippen molar-refractivity contribution >= 4 is 0 Å². The third-order valence-corrected chi connectivity index (χ3v) is 4.59. The summed E-state index contributed by atoms with van der Waals surface area (Å²) in [7, 11) is 2.27. The van der Waals surface area contributed by atoms with Crippen molar-refractivity contribution in [3.05, 3.63) is 0 Å². The number of nitrogens with two attached hydrogens (primary N) is 1. The summed E-state index contributed by atoms with van der Waals surface area (Å²) in [5.74, 6) is 1.64. The van der Waals surface area contributed by atoms with Crippen LogP contribution in [0.15, 0.2) is 0 Å². The van der Waals surface area contributed by atoms with Gasteiger partial charge in [0.1, 0.15) is 0 Å². The molecule has 0 heterocycles. The summed E-state index contributed by atoms with van der Waals surface area (Å²) in [6.07, 6.45) is 9.32. The molecule has 0 amide bonds. The summed E-state index contributed by atoms with van der Waals surface area (Å²) in [5, 5.41) is 0. The molecule has 0 aliphatic heterocycles. The normalized spacial score (nSPS) is 30.7. The third-order valence-electron chi connectivity index (χ3n) is 4.59. The summed E-state index contributed by atoms with van der Waals surface area (Å²) in [4.78, 5) is 2.53. The van der Waals surface area contributed by atoms with E-state index in [1.54, 1.807) is 0 Å². The Kier molecular flexibility index (Phi) is 7.25. The van der Waals surface area contributed by atoms with Gasteiger partial charge in [-0.15, -0.1) is 0 Å². The fourth-order valence-corrected chi connectivity index (χ4v) is 3.42. The van der Waals surface area contributed by atoms with Crippen LogP contribution in [0.5, 0.6) is 0 Å². The van der Waals surface area contributed by atoms with Gasteiger partial charge in [0.2, 0.25) is 0 Å². The first-order valence-corrected chi connectivity index (χ1v) is 8.00. The molecule has 1 fully saturated rings. The lowest BCUT2D eigenvalue weighted by Crippen LogP contribution is -2.50. The van der Waals surface area contributed by atoms with Crippen LogP contribution in [0.25, 0.3) is 0 Å². The zero-order chi connectivity index (χ0) is 13.5. The average Bonchev–Trinajstić information content (AvgIpc) is 2.28. The molecule has 1 rings (SSSR count). The number of likely N-dealkylation sites (N-methyl/N-ethyl adjacent to an activating group) is 1. The molecule has 1 aliphatic carbocycles. The van der Waals surface area contributed by atoms with E-state index in [2.05, 4.69) is 32.7 Å². The third kappa shape index (κ3) is 5.27. The molecular weight excluding hydrogens is 220 g/mol. The predicted octanol–water partition coefficient (Wildman–Crippen LogP) is 3.65. The summed E-state index contributed by atoms with van der Waals surface area (Å²) < 4.78 is 0. The highest BCUT2D eigenvalue weighted by Crippen LogP contribution is 2.26. The van der Waals surface area contributed by atoms with Crippen LogP contribution in [0.2, 0.25) is 0 Å². The first kappa shape index (κ1) is 16.0. The van der Waals surface area contributed by atoms with Gasteiger partial charge in [-0.3, -0.25) is 0 Å². The quantitative estimate of drug-likeness (QED) is 0.703. The molecule has 2 nitrogen and oxygen atoms in total. The van der Waals surface area contributed by atoms with Gasteiger partial charge in [-0.2, -0.15) is 0 Å². The summed E-state index contributed by atoms with van der Waals surface area (Å²) in [5.41, 5.74) is 6.33. The van der Waals surface area contributed by atoms with Crippen LogP contribution in [-0.2, 0) is 0 Å². The van der Waals surface area contributed by atoms with E-state index >= 15 is 0 Å². The lowest BCUT2D eigenvalue weighted by molar-refractivity contribution is 0.130. The van der Waals surface area contributed by atoms with Gasteiger partial charge >= 0.3 is 0 Å². The van der Waals surface area contributed by atoms with E-state index in [1.165, 1.54) is 51.5 Å². The van der Waals surface area contributed by atoms with Crippen LogP contribution in [0.4, 0.5) is 0 Å². The standard InChI is InChI=1S/C16H34N2/c1-5-6-7-8-14(3)12-18(4)16-10-9-13(2)11-15(16)17/h13-16H,5-12,17H2,1-4H3. The van der Waals surface area contributed by atoms with E-state index < -0.39 is 0 Å². The minimum Gasteiger partial charge on any atom is -0.326 e. The number of unbranched alkanes of at least 4 members (excludes halogenated alkanes) is 2. The van der Waals surface area contributed by atoms with Crippen molar-refractivity contribution in [3.8, 4) is 0 Å². The lowest BCUT2D eigenvalue weighted by Gasteiger charge is -2.39. The van der Waals surface area contributed by atoms with Gasteiger partial charge in [-0.1, -0.05) is 40.0 Å². The molecule has 0 radical (unpaired) electrons. The number of rotatable bonds is 7. The fourth-order valence-electron chi connectivity index (χ4n) is 3.42. The van der Waals surface area contributed by atoms with Crippen LogP contribution in [0, 0.1) is 11.8 Å². The Balaban J connectivity index is 2.28. The summed E-state index contributed by atoms with van der Waals surface area (Å²) in [6.45, 7) is 8.22. The van der Waals surface area contributed by atoms with Gasteiger partial charge in [0.15, 0.2) is 0 Å². The molecule has 2 N–H and O–H groups in total. The van der Waals surface area contributed by atoms with Crippen LogP contribution in [-0.4, -0.2) is 30.6 Å². The molecule has 1 aliphatic rings. The van der Waals surface area contributed by atoms with Gasteiger partial charge in [0.25, 0.3) is 0 Å². The van der Waals surface area contributed by atoms with Crippen molar-refractivity contribution in [2.75, 3.05) is 13.6 Å². The van der Waals surface area contributed by atoms with Crippen molar-refractivity contribution in [1.29, 1.82) is 0 Å². The maximum absolute atomic E-state index is 6.33. The molecule has 0 spiro atoms. The molecule has 4 unspecified atom stereocenters. The first-order valence-electron chi connectivity index (χ1n) is 8.00. The molecule has 0 aromatic heterocycles. The van der Waals surface area contributed by atoms with Crippen molar-refractivity contribution < 1.29 is 0 Å². The molecule has 0 aromatic carbocycles. The number of nitrogens with zero attached hydrogens (tertiary/aromatic N) is 1. The Labute approximate surface area is 114 Å². The van der Waals surface area contributed by atoms with Crippen LogP contribution >= 0.6 is 0 Å². The van der Waals surface area contributed by atoms with Crippen molar-refractivity contribution in [2.45, 2.75) is 77.8 Å². The molecular formula is C16H34N2. The molecule has 0 bridgehead atoms. The van der Waals surface area contributed by atoms with Gasteiger partial charge in [-0.05, 0) is 44.6 Å². The maximum atomic E-state index is 6.33. The Morgan fingerprint density at radius 3 is 2.61 bits per heavy atom. The van der Waals surface area contributed by atoms with Crippen LogP contribution in [0.1, 0.15) is 65.7 Å². The zero-order valence-electron chi connectivity index (χ0n) is 13.0. The summed E-state index contributed by atoms with van der Waals surface area (Å²) in [6, 6.07) is 1.01. The Morgan fingerprint density at radius 1 is 1.28 bits per heavy atom. The fraction of sp³-hybridized carbons (Fsp3) is 1.00. The molecule has 4 atom stereocenters. The van der Waals surface area contributed by atoms with E-state index in [-0.39, 0.29) is 0 Å². The molecule has 0 saturated heterocycles. The molecule has 18 heavy (non-hydrogen) atoms. The van der Waals surface area contributed by atoms with E-state index in [4.69, 9.17) is 5.73 Å². The molecule has 2 heteroatoms. The monoisotopic (exact) mass is 254 g/mol. The number of hydrogen-bond acceptors (Lipinski definition) is 2. The molecule has 0 aromatic rings. The average molecular weight is 254 g/mol. The Hall–Kier alpha value is -0.0800. The highest BCUT2D eigenvalue weighted by atomic mass is 15.1. The molecule has 108 valence electrons. The van der Waals surface area contributed by atoms with Crippen molar-refractivity contribution in [3.63, 3.8) is 0 Å². The zero-order valence-corrected chi connectivity index (χ0v) is 13.0. The second-order valence-electron chi connectivity index (χ2n) is 6.69. The second kappa shape index (κ2) is 8.16. The van der Waals surface area contributed by atoms with E-state index in [0.29, 0.717) is 12.1 Å². The van der Waals surface area contributed by atoms with E-state index in [9.17, 15) is 0 Å². The second-order valence-corrected chi connectivity index (χ2v) is 6.69. The van der Waals surface area contributed by atoms with Crippen molar-refractivity contribution in [2.24, 2.45) is 17.6 Å². The smallest absolute Gasteiger partial charge is 0.0244 e. The molecule has 1 saturated carbocycles. The van der Waals surface area contributed by atoms with Crippen LogP contribution in [0.3, 0.4) is 0 Å². The highest BCUT2D eigenvalue weighted by molar-refractivity contribution is 4.87. The van der Waals surface area contributed by atoms with Gasteiger partial charge in [0, 0.05) is 18.6 Å². The Morgan fingerprint density at radius 2 is 2.00 bits per heavy atom. The minimum atomic E-state index is 0.390.